The van der Waals surface area contributed by atoms with E-state index in [-0.39, 0.29) is 17.0 Å². The number of nitro groups is 1. The molecule has 2 aromatic rings. The molecule has 2 rings (SSSR count). The summed E-state index contributed by atoms with van der Waals surface area (Å²) in [6.45, 7) is 5.16. The number of nitro benzene ring substituents is 1. The molecule has 0 saturated carbocycles. The third kappa shape index (κ3) is 4.81. The van der Waals surface area contributed by atoms with Crippen molar-refractivity contribution in [2.24, 2.45) is 0 Å². The lowest BCUT2D eigenvalue weighted by Crippen LogP contribution is -2.30. The molecular formula is C19H20N2O6. The number of methoxy groups -OCH3 is 1. The monoisotopic (exact) mass is 372 g/mol. The number of carbonyl (C=O) groups excluding carboxylic acids is 2. The summed E-state index contributed by atoms with van der Waals surface area (Å²) in [7, 11) is 1.33. The van der Waals surface area contributed by atoms with Gasteiger partial charge in [-0.2, -0.15) is 0 Å². The summed E-state index contributed by atoms with van der Waals surface area (Å²) in [5.41, 5.74) is 2.05. The first kappa shape index (κ1) is 19.9. The summed E-state index contributed by atoms with van der Waals surface area (Å²) in [6, 6.07) is 9.17. The van der Waals surface area contributed by atoms with Crippen molar-refractivity contribution in [3.63, 3.8) is 0 Å². The largest absolute Gasteiger partial charge is 0.496 e. The van der Waals surface area contributed by atoms with E-state index in [1.807, 2.05) is 32.0 Å². The molecule has 8 nitrogen and oxygen atoms in total. The Morgan fingerprint density at radius 2 is 1.85 bits per heavy atom. The Morgan fingerprint density at radius 3 is 2.48 bits per heavy atom. The number of amides is 1. The maximum atomic E-state index is 12.4. The second kappa shape index (κ2) is 8.31. The summed E-state index contributed by atoms with van der Waals surface area (Å²) in [6.07, 6.45) is -1.11. The summed E-state index contributed by atoms with van der Waals surface area (Å²) in [4.78, 5) is 35.0. The molecule has 1 N–H and O–H groups in total. The summed E-state index contributed by atoms with van der Waals surface area (Å²) < 4.78 is 10.2. The molecule has 2 aromatic carbocycles. The number of rotatable bonds is 6. The standard InChI is InChI=1S/C19H20N2O6/c1-11-5-6-12(2)16(9-11)20-18(22)13(3)27-19(23)15-10-14(21(24)25)7-8-17(15)26-4/h5-10,13H,1-4H3,(H,20,22)/t13-/m1/s1. The van der Waals surface area contributed by atoms with Crippen LogP contribution in [-0.2, 0) is 9.53 Å². The van der Waals surface area contributed by atoms with E-state index in [0.29, 0.717) is 5.69 Å². The molecule has 0 heterocycles. The van der Waals surface area contributed by atoms with E-state index in [1.165, 1.54) is 26.2 Å². The summed E-state index contributed by atoms with van der Waals surface area (Å²) >= 11 is 0. The number of carbonyl (C=O) groups is 2. The van der Waals surface area contributed by atoms with Gasteiger partial charge in [-0.3, -0.25) is 14.9 Å². The number of ether oxygens (including phenoxy) is 2. The van der Waals surface area contributed by atoms with E-state index in [4.69, 9.17) is 9.47 Å². The van der Waals surface area contributed by atoms with Gasteiger partial charge in [0, 0.05) is 17.8 Å². The van der Waals surface area contributed by atoms with Crippen molar-refractivity contribution >= 4 is 23.3 Å². The van der Waals surface area contributed by atoms with Crippen LogP contribution in [0, 0.1) is 24.0 Å². The van der Waals surface area contributed by atoms with Crippen LogP contribution >= 0.6 is 0 Å². The predicted molar refractivity (Wildman–Crippen MR) is 99.1 cm³/mol. The quantitative estimate of drug-likeness (QED) is 0.473. The number of nitrogens with zero attached hydrogens (tertiary/aromatic N) is 1. The van der Waals surface area contributed by atoms with Crippen molar-refractivity contribution in [1.82, 2.24) is 0 Å². The van der Waals surface area contributed by atoms with Gasteiger partial charge in [-0.15, -0.1) is 0 Å². The van der Waals surface area contributed by atoms with Crippen LogP contribution in [0.15, 0.2) is 36.4 Å². The maximum Gasteiger partial charge on any atom is 0.342 e. The van der Waals surface area contributed by atoms with E-state index in [1.54, 1.807) is 0 Å². The van der Waals surface area contributed by atoms with Crippen LogP contribution in [0.1, 0.15) is 28.4 Å². The Hall–Kier alpha value is -3.42. The summed E-state index contributed by atoms with van der Waals surface area (Å²) in [5, 5.41) is 13.6. The van der Waals surface area contributed by atoms with Gasteiger partial charge < -0.3 is 14.8 Å². The third-order valence-electron chi connectivity index (χ3n) is 3.92. The molecule has 0 bridgehead atoms. The van der Waals surface area contributed by atoms with Gasteiger partial charge in [0.1, 0.15) is 11.3 Å². The SMILES string of the molecule is COc1ccc([N+](=O)[O-])cc1C(=O)O[C@H](C)C(=O)Nc1cc(C)ccc1C. The number of hydrogen-bond acceptors (Lipinski definition) is 6. The molecule has 0 fully saturated rings. The molecule has 0 aliphatic carbocycles. The van der Waals surface area contributed by atoms with E-state index >= 15 is 0 Å². The van der Waals surface area contributed by atoms with Gasteiger partial charge in [0.05, 0.1) is 12.0 Å². The molecule has 0 radical (unpaired) electrons. The normalized spacial score (nSPS) is 11.4. The first-order chi connectivity index (χ1) is 12.7. The van der Waals surface area contributed by atoms with E-state index in [2.05, 4.69) is 5.32 Å². The second-order valence-electron chi connectivity index (χ2n) is 6.00. The fourth-order valence-electron chi connectivity index (χ4n) is 2.35. The van der Waals surface area contributed by atoms with Gasteiger partial charge in [-0.25, -0.2) is 4.79 Å². The van der Waals surface area contributed by atoms with Crippen molar-refractivity contribution < 1.29 is 24.0 Å². The molecule has 142 valence electrons. The number of benzene rings is 2. The molecule has 0 spiro atoms. The molecule has 1 amide bonds. The zero-order valence-corrected chi connectivity index (χ0v) is 15.4. The minimum absolute atomic E-state index is 0.118. The van der Waals surface area contributed by atoms with Crippen molar-refractivity contribution in [2.75, 3.05) is 12.4 Å². The summed E-state index contributed by atoms with van der Waals surface area (Å²) in [5.74, 6) is -1.28. The number of aryl methyl sites for hydroxylation is 2. The average Bonchev–Trinajstić information content (AvgIpc) is 2.63. The third-order valence-corrected chi connectivity index (χ3v) is 3.92. The zero-order chi connectivity index (χ0) is 20.1. The fraction of sp³-hybridized carbons (Fsp3) is 0.263. The first-order valence-corrected chi connectivity index (χ1v) is 8.14. The number of non-ortho nitro benzene ring substituents is 1. The number of anilines is 1. The van der Waals surface area contributed by atoms with Crippen LogP contribution in [0.25, 0.3) is 0 Å². The first-order valence-electron chi connectivity index (χ1n) is 8.14. The topological polar surface area (TPSA) is 108 Å². The van der Waals surface area contributed by atoms with Crippen LogP contribution in [0.3, 0.4) is 0 Å². The van der Waals surface area contributed by atoms with Crippen LogP contribution in [-0.4, -0.2) is 30.0 Å². The fourth-order valence-corrected chi connectivity index (χ4v) is 2.35. The van der Waals surface area contributed by atoms with E-state index in [9.17, 15) is 19.7 Å². The lowest BCUT2D eigenvalue weighted by atomic mass is 10.1. The molecule has 0 aliphatic rings. The van der Waals surface area contributed by atoms with Gasteiger partial charge in [0.25, 0.3) is 11.6 Å². The molecule has 0 saturated heterocycles. The van der Waals surface area contributed by atoms with Gasteiger partial charge >= 0.3 is 5.97 Å². The second-order valence-corrected chi connectivity index (χ2v) is 6.00. The number of esters is 1. The molecule has 0 aliphatic heterocycles. The lowest BCUT2D eigenvalue weighted by molar-refractivity contribution is -0.384. The Kier molecular flexibility index (Phi) is 6.12. The number of hydrogen-bond donors (Lipinski definition) is 1. The highest BCUT2D eigenvalue weighted by Gasteiger charge is 2.24. The molecule has 0 unspecified atom stereocenters. The Bertz CT molecular complexity index is 894. The van der Waals surface area contributed by atoms with Crippen LogP contribution in [0.5, 0.6) is 5.75 Å². The van der Waals surface area contributed by atoms with Crippen LogP contribution < -0.4 is 10.1 Å². The van der Waals surface area contributed by atoms with Crippen molar-refractivity contribution in [3.05, 3.63) is 63.2 Å². The maximum absolute atomic E-state index is 12.4. The zero-order valence-electron chi connectivity index (χ0n) is 15.4. The van der Waals surface area contributed by atoms with Gasteiger partial charge in [-0.1, -0.05) is 12.1 Å². The predicted octanol–water partition coefficient (Wildman–Crippen LogP) is 3.40. The smallest absolute Gasteiger partial charge is 0.342 e. The highest BCUT2D eigenvalue weighted by molar-refractivity contribution is 5.99. The molecule has 1 atom stereocenters. The van der Waals surface area contributed by atoms with Crippen molar-refractivity contribution in [3.8, 4) is 5.75 Å². The van der Waals surface area contributed by atoms with E-state index < -0.39 is 22.9 Å². The van der Waals surface area contributed by atoms with Crippen LogP contribution in [0.2, 0.25) is 0 Å². The average molecular weight is 372 g/mol. The van der Waals surface area contributed by atoms with E-state index in [0.717, 1.165) is 17.2 Å². The molecule has 8 heteroatoms. The van der Waals surface area contributed by atoms with Gasteiger partial charge in [0.15, 0.2) is 6.10 Å². The van der Waals surface area contributed by atoms with Crippen LogP contribution in [0.4, 0.5) is 11.4 Å². The lowest BCUT2D eigenvalue weighted by Gasteiger charge is -2.16. The Morgan fingerprint density at radius 1 is 1.15 bits per heavy atom. The minimum atomic E-state index is -1.11. The molecule has 27 heavy (non-hydrogen) atoms. The minimum Gasteiger partial charge on any atom is -0.496 e. The number of nitrogens with one attached hydrogen (secondary N) is 1. The highest BCUT2D eigenvalue weighted by Crippen LogP contribution is 2.25. The van der Waals surface area contributed by atoms with Crippen molar-refractivity contribution in [2.45, 2.75) is 26.9 Å². The van der Waals surface area contributed by atoms with Gasteiger partial charge in [-0.05, 0) is 44.0 Å². The van der Waals surface area contributed by atoms with Crippen molar-refractivity contribution in [1.29, 1.82) is 0 Å². The van der Waals surface area contributed by atoms with Gasteiger partial charge in [0.2, 0.25) is 0 Å². The molecule has 0 aromatic heterocycles. The molecular weight excluding hydrogens is 352 g/mol. The Labute approximate surface area is 156 Å². The highest BCUT2D eigenvalue weighted by atomic mass is 16.6. The Balaban J connectivity index is 2.15.